The SMILES string of the molecule is CCNc1nc(NCCC(=O)N2CCCC2)c(F)cc1F. The summed E-state index contributed by atoms with van der Waals surface area (Å²) in [6, 6.07) is 0.787. The summed E-state index contributed by atoms with van der Waals surface area (Å²) in [4.78, 5) is 17.5. The van der Waals surface area contributed by atoms with Gasteiger partial charge in [-0.15, -0.1) is 0 Å². The lowest BCUT2D eigenvalue weighted by Crippen LogP contribution is -2.29. The third-order valence-corrected chi connectivity index (χ3v) is 3.36. The van der Waals surface area contributed by atoms with E-state index in [1.165, 1.54) is 0 Å². The number of nitrogens with zero attached hydrogens (tertiary/aromatic N) is 2. The zero-order valence-corrected chi connectivity index (χ0v) is 12.1. The molecular formula is C14H20F2N4O. The predicted octanol–water partition coefficient (Wildman–Crippen LogP) is 2.22. The molecule has 21 heavy (non-hydrogen) atoms. The van der Waals surface area contributed by atoms with Crippen molar-refractivity contribution < 1.29 is 13.6 Å². The van der Waals surface area contributed by atoms with E-state index in [4.69, 9.17) is 0 Å². The monoisotopic (exact) mass is 298 g/mol. The average Bonchev–Trinajstić information content (AvgIpc) is 2.98. The second-order valence-corrected chi connectivity index (χ2v) is 4.94. The van der Waals surface area contributed by atoms with Crippen LogP contribution in [0.25, 0.3) is 0 Å². The summed E-state index contributed by atoms with van der Waals surface area (Å²) in [5, 5.41) is 5.47. The Kier molecular flexibility index (Phi) is 5.30. The van der Waals surface area contributed by atoms with Gasteiger partial charge >= 0.3 is 0 Å². The molecule has 1 aromatic heterocycles. The number of aromatic nitrogens is 1. The van der Waals surface area contributed by atoms with Crippen LogP contribution in [0.1, 0.15) is 26.2 Å². The minimum Gasteiger partial charge on any atom is -0.368 e. The Labute approximate surface area is 122 Å². The molecule has 1 saturated heterocycles. The smallest absolute Gasteiger partial charge is 0.224 e. The lowest BCUT2D eigenvalue weighted by Gasteiger charge is -2.15. The van der Waals surface area contributed by atoms with Crippen LogP contribution in [0.5, 0.6) is 0 Å². The highest BCUT2D eigenvalue weighted by atomic mass is 19.1. The van der Waals surface area contributed by atoms with Crippen molar-refractivity contribution in [1.82, 2.24) is 9.88 Å². The van der Waals surface area contributed by atoms with Gasteiger partial charge in [0.15, 0.2) is 23.3 Å². The van der Waals surface area contributed by atoms with Crippen LogP contribution >= 0.6 is 0 Å². The minimum atomic E-state index is -0.761. The zero-order valence-electron chi connectivity index (χ0n) is 12.1. The lowest BCUT2D eigenvalue weighted by molar-refractivity contribution is -0.129. The van der Waals surface area contributed by atoms with Gasteiger partial charge in [-0.25, -0.2) is 13.8 Å². The molecule has 0 spiro atoms. The highest BCUT2D eigenvalue weighted by Crippen LogP contribution is 2.19. The Morgan fingerprint density at radius 3 is 2.48 bits per heavy atom. The molecular weight excluding hydrogens is 278 g/mol. The van der Waals surface area contributed by atoms with Crippen LogP contribution in [0.4, 0.5) is 20.4 Å². The predicted molar refractivity (Wildman–Crippen MR) is 77.2 cm³/mol. The van der Waals surface area contributed by atoms with E-state index in [2.05, 4.69) is 15.6 Å². The van der Waals surface area contributed by atoms with E-state index in [0.29, 0.717) is 6.54 Å². The van der Waals surface area contributed by atoms with Crippen LogP contribution in [-0.2, 0) is 4.79 Å². The van der Waals surface area contributed by atoms with Crippen molar-refractivity contribution in [2.75, 3.05) is 36.8 Å². The minimum absolute atomic E-state index is 0.00673. The van der Waals surface area contributed by atoms with Gasteiger partial charge in [-0.05, 0) is 19.8 Å². The van der Waals surface area contributed by atoms with E-state index < -0.39 is 11.6 Å². The third kappa shape index (κ3) is 4.03. The fourth-order valence-electron chi connectivity index (χ4n) is 2.29. The number of halogens is 2. The molecule has 0 radical (unpaired) electrons. The van der Waals surface area contributed by atoms with E-state index in [-0.39, 0.29) is 30.5 Å². The van der Waals surface area contributed by atoms with Crippen molar-refractivity contribution in [2.45, 2.75) is 26.2 Å². The molecule has 5 nitrogen and oxygen atoms in total. The van der Waals surface area contributed by atoms with Gasteiger partial charge in [-0.2, -0.15) is 0 Å². The zero-order chi connectivity index (χ0) is 15.2. The number of anilines is 2. The van der Waals surface area contributed by atoms with E-state index in [9.17, 15) is 13.6 Å². The van der Waals surface area contributed by atoms with Gasteiger partial charge in [-0.1, -0.05) is 0 Å². The second-order valence-electron chi connectivity index (χ2n) is 4.94. The normalized spacial score (nSPS) is 14.3. The molecule has 0 atom stereocenters. The van der Waals surface area contributed by atoms with Crippen molar-refractivity contribution in [1.29, 1.82) is 0 Å². The molecule has 0 unspecified atom stereocenters. The van der Waals surface area contributed by atoms with Crippen molar-refractivity contribution in [3.63, 3.8) is 0 Å². The molecule has 116 valence electrons. The maximum atomic E-state index is 13.6. The third-order valence-electron chi connectivity index (χ3n) is 3.36. The first kappa shape index (κ1) is 15.5. The molecule has 1 aromatic rings. The summed E-state index contributed by atoms with van der Waals surface area (Å²) >= 11 is 0. The van der Waals surface area contributed by atoms with Crippen molar-refractivity contribution in [3.8, 4) is 0 Å². The molecule has 2 heterocycles. The molecule has 1 aliphatic rings. The number of nitrogens with one attached hydrogen (secondary N) is 2. The Hall–Kier alpha value is -1.92. The fraction of sp³-hybridized carbons (Fsp3) is 0.571. The Morgan fingerprint density at radius 2 is 1.86 bits per heavy atom. The summed E-state index contributed by atoms with van der Waals surface area (Å²) in [7, 11) is 0. The molecule has 1 aliphatic heterocycles. The number of rotatable bonds is 6. The Morgan fingerprint density at radius 1 is 1.24 bits per heavy atom. The fourth-order valence-corrected chi connectivity index (χ4v) is 2.29. The van der Waals surface area contributed by atoms with E-state index in [0.717, 1.165) is 32.0 Å². The summed E-state index contributed by atoms with van der Waals surface area (Å²) < 4.78 is 27.0. The summed E-state index contributed by atoms with van der Waals surface area (Å²) in [5.41, 5.74) is 0. The quantitative estimate of drug-likeness (QED) is 0.845. The number of amides is 1. The Bertz CT molecular complexity index is 504. The number of hydrogen-bond acceptors (Lipinski definition) is 4. The highest BCUT2D eigenvalue weighted by molar-refractivity contribution is 5.76. The van der Waals surface area contributed by atoms with Crippen molar-refractivity contribution in [2.24, 2.45) is 0 Å². The van der Waals surface area contributed by atoms with Crippen LogP contribution in [-0.4, -0.2) is 42.0 Å². The van der Waals surface area contributed by atoms with Gasteiger partial charge < -0.3 is 15.5 Å². The summed E-state index contributed by atoms with van der Waals surface area (Å²) in [6.45, 7) is 4.16. The van der Waals surface area contributed by atoms with Crippen LogP contribution < -0.4 is 10.6 Å². The molecule has 0 bridgehead atoms. The number of carbonyl (C=O) groups excluding carboxylic acids is 1. The first-order chi connectivity index (χ1) is 10.1. The standard InChI is InChI=1S/C14H20F2N4O/c1-2-17-13-10(15)9-11(16)14(19-13)18-6-5-12(21)20-7-3-4-8-20/h9H,2-8H2,1H3,(H2,17,18,19). The Balaban J connectivity index is 1.90. The van der Waals surface area contributed by atoms with Gasteiger partial charge in [0, 0.05) is 38.7 Å². The van der Waals surface area contributed by atoms with E-state index in [1.54, 1.807) is 11.8 Å². The molecule has 0 aromatic carbocycles. The number of carbonyl (C=O) groups is 1. The molecule has 1 amide bonds. The molecule has 0 aliphatic carbocycles. The van der Waals surface area contributed by atoms with E-state index >= 15 is 0 Å². The molecule has 1 fully saturated rings. The number of hydrogen-bond donors (Lipinski definition) is 2. The van der Waals surface area contributed by atoms with Crippen LogP contribution in [0.3, 0.4) is 0 Å². The van der Waals surface area contributed by atoms with Gasteiger partial charge in [0.2, 0.25) is 5.91 Å². The van der Waals surface area contributed by atoms with Gasteiger partial charge in [0.05, 0.1) is 0 Å². The summed E-state index contributed by atoms with van der Waals surface area (Å²) in [5.74, 6) is -1.47. The number of likely N-dealkylation sites (tertiary alicyclic amines) is 1. The largest absolute Gasteiger partial charge is 0.368 e. The lowest BCUT2D eigenvalue weighted by atomic mass is 10.3. The van der Waals surface area contributed by atoms with Crippen LogP contribution in [0.2, 0.25) is 0 Å². The summed E-state index contributed by atoms with van der Waals surface area (Å²) in [6.07, 6.45) is 2.35. The molecule has 2 rings (SSSR count). The topological polar surface area (TPSA) is 57.3 Å². The first-order valence-corrected chi connectivity index (χ1v) is 7.23. The first-order valence-electron chi connectivity index (χ1n) is 7.23. The molecule has 2 N–H and O–H groups in total. The molecule has 0 saturated carbocycles. The number of pyridine rings is 1. The van der Waals surface area contributed by atoms with Crippen molar-refractivity contribution in [3.05, 3.63) is 17.7 Å². The highest BCUT2D eigenvalue weighted by Gasteiger charge is 2.17. The van der Waals surface area contributed by atoms with Gasteiger partial charge in [-0.3, -0.25) is 4.79 Å². The van der Waals surface area contributed by atoms with Gasteiger partial charge in [0.25, 0.3) is 0 Å². The second kappa shape index (κ2) is 7.19. The molecule has 7 heteroatoms. The maximum Gasteiger partial charge on any atom is 0.224 e. The average molecular weight is 298 g/mol. The maximum absolute atomic E-state index is 13.6. The van der Waals surface area contributed by atoms with Gasteiger partial charge in [0.1, 0.15) is 0 Å². The van der Waals surface area contributed by atoms with E-state index in [1.807, 2.05) is 0 Å². The van der Waals surface area contributed by atoms with Crippen LogP contribution in [0.15, 0.2) is 6.07 Å². The van der Waals surface area contributed by atoms with Crippen molar-refractivity contribution >= 4 is 17.5 Å². The van der Waals surface area contributed by atoms with Crippen LogP contribution in [0, 0.1) is 11.6 Å².